The van der Waals surface area contributed by atoms with Crippen LogP contribution in [0.4, 0.5) is 21.7 Å². The minimum Gasteiger partial charge on any atom is -0.325 e. The first kappa shape index (κ1) is 13.8. The monoisotopic (exact) mass is 287 g/mol. The summed E-state index contributed by atoms with van der Waals surface area (Å²) in [5.41, 5.74) is 5.50. The zero-order valence-electron chi connectivity index (χ0n) is 12.2. The molecule has 0 spiro atoms. The molecule has 0 aliphatic carbocycles. The Morgan fingerprint density at radius 1 is 1.38 bits per heavy atom. The van der Waals surface area contributed by atoms with E-state index < -0.39 is 0 Å². The van der Waals surface area contributed by atoms with Crippen LogP contribution in [0.2, 0.25) is 0 Å². The summed E-state index contributed by atoms with van der Waals surface area (Å²) in [6.07, 6.45) is 1.59. The molecular formula is C15H18FN5. The summed E-state index contributed by atoms with van der Waals surface area (Å²) in [6.45, 7) is 4.69. The molecule has 0 saturated carbocycles. The van der Waals surface area contributed by atoms with Gasteiger partial charge in [0, 0.05) is 24.2 Å². The molecule has 0 fully saturated rings. The molecule has 3 N–H and O–H groups in total. The fraction of sp³-hybridized carbons (Fsp3) is 0.333. The van der Waals surface area contributed by atoms with Gasteiger partial charge in [-0.25, -0.2) is 20.2 Å². The zero-order chi connectivity index (χ0) is 15.0. The highest BCUT2D eigenvalue weighted by atomic mass is 19.1. The van der Waals surface area contributed by atoms with E-state index in [9.17, 15) is 4.39 Å². The highest BCUT2D eigenvalue weighted by Gasteiger charge is 2.25. The summed E-state index contributed by atoms with van der Waals surface area (Å²) in [5, 5.41) is 0. The maximum absolute atomic E-state index is 13.6. The van der Waals surface area contributed by atoms with Crippen molar-refractivity contribution in [2.75, 3.05) is 16.9 Å². The summed E-state index contributed by atoms with van der Waals surface area (Å²) in [5.74, 6) is 7.43. The molecule has 3 rings (SSSR count). The van der Waals surface area contributed by atoms with Crippen molar-refractivity contribution in [1.29, 1.82) is 0 Å². The molecule has 21 heavy (non-hydrogen) atoms. The lowest BCUT2D eigenvalue weighted by Gasteiger charge is -2.22. The number of hydrogen-bond donors (Lipinski definition) is 2. The highest BCUT2D eigenvalue weighted by molar-refractivity contribution is 5.72. The minimum atomic E-state index is -0.236. The van der Waals surface area contributed by atoms with Crippen LogP contribution in [0.1, 0.15) is 23.9 Å². The van der Waals surface area contributed by atoms with Crippen LogP contribution in [0.3, 0.4) is 0 Å². The molecular weight excluding hydrogens is 269 g/mol. The number of benzene rings is 1. The number of anilines is 3. The van der Waals surface area contributed by atoms with Crippen molar-refractivity contribution in [2.24, 2.45) is 5.84 Å². The van der Waals surface area contributed by atoms with Crippen molar-refractivity contribution in [3.8, 4) is 0 Å². The first-order valence-electron chi connectivity index (χ1n) is 7.04. The van der Waals surface area contributed by atoms with Gasteiger partial charge in [0.15, 0.2) is 0 Å². The Bertz CT molecular complexity index is 686. The second kappa shape index (κ2) is 5.29. The van der Waals surface area contributed by atoms with E-state index in [-0.39, 0.29) is 5.82 Å². The lowest BCUT2D eigenvalue weighted by Crippen LogP contribution is -2.20. The van der Waals surface area contributed by atoms with E-state index in [1.54, 1.807) is 6.07 Å². The predicted octanol–water partition coefficient (Wildman–Crippen LogP) is 2.47. The van der Waals surface area contributed by atoms with Gasteiger partial charge in [-0.3, -0.25) is 0 Å². The Kier molecular flexibility index (Phi) is 3.47. The van der Waals surface area contributed by atoms with Gasteiger partial charge in [0.05, 0.1) is 0 Å². The summed E-state index contributed by atoms with van der Waals surface area (Å²) in [4.78, 5) is 11.0. The topological polar surface area (TPSA) is 67.1 Å². The molecule has 110 valence electrons. The van der Waals surface area contributed by atoms with Crippen molar-refractivity contribution in [2.45, 2.75) is 26.7 Å². The van der Waals surface area contributed by atoms with Crippen molar-refractivity contribution in [1.82, 2.24) is 9.97 Å². The molecule has 1 aromatic carbocycles. The van der Waals surface area contributed by atoms with Gasteiger partial charge in [-0.1, -0.05) is 13.0 Å². The van der Waals surface area contributed by atoms with Gasteiger partial charge in [0.1, 0.15) is 23.3 Å². The number of nitrogens with two attached hydrogens (primary N) is 1. The van der Waals surface area contributed by atoms with Gasteiger partial charge in [-0.05, 0) is 31.0 Å². The van der Waals surface area contributed by atoms with Crippen LogP contribution < -0.4 is 16.2 Å². The summed E-state index contributed by atoms with van der Waals surface area (Å²) in [7, 11) is 0. The summed E-state index contributed by atoms with van der Waals surface area (Å²) >= 11 is 0. The van der Waals surface area contributed by atoms with E-state index >= 15 is 0 Å². The molecule has 1 aromatic heterocycles. The van der Waals surface area contributed by atoms with E-state index in [0.717, 1.165) is 35.6 Å². The second-order valence-corrected chi connectivity index (χ2v) is 5.11. The molecule has 0 bridgehead atoms. The maximum Gasteiger partial charge on any atom is 0.148 e. The van der Waals surface area contributed by atoms with Crippen molar-refractivity contribution in [3.63, 3.8) is 0 Å². The first-order valence-corrected chi connectivity index (χ1v) is 7.04. The van der Waals surface area contributed by atoms with Gasteiger partial charge in [-0.15, -0.1) is 0 Å². The quantitative estimate of drug-likeness (QED) is 0.670. The third kappa shape index (κ3) is 2.31. The zero-order valence-corrected chi connectivity index (χ0v) is 12.2. The van der Waals surface area contributed by atoms with E-state index in [1.807, 2.05) is 24.8 Å². The Balaban J connectivity index is 2.12. The SMILES string of the molecule is CCc1nc(NN)c(C)c(N2CCc3ccc(F)cc32)n1. The number of fused-ring (bicyclic) bond motifs is 1. The fourth-order valence-corrected chi connectivity index (χ4v) is 2.68. The van der Waals surface area contributed by atoms with E-state index in [1.165, 1.54) is 6.07 Å². The number of nitrogens with one attached hydrogen (secondary N) is 1. The van der Waals surface area contributed by atoms with Gasteiger partial charge < -0.3 is 10.3 Å². The third-order valence-electron chi connectivity index (χ3n) is 3.82. The lowest BCUT2D eigenvalue weighted by atomic mass is 10.1. The summed E-state index contributed by atoms with van der Waals surface area (Å²) in [6, 6.07) is 4.90. The van der Waals surface area contributed by atoms with Crippen LogP contribution in [-0.2, 0) is 12.8 Å². The number of hydrogen-bond acceptors (Lipinski definition) is 5. The molecule has 2 heterocycles. The van der Waals surface area contributed by atoms with Crippen LogP contribution in [-0.4, -0.2) is 16.5 Å². The average Bonchev–Trinajstić information content (AvgIpc) is 2.90. The minimum absolute atomic E-state index is 0.236. The third-order valence-corrected chi connectivity index (χ3v) is 3.82. The van der Waals surface area contributed by atoms with Gasteiger partial charge in [-0.2, -0.15) is 0 Å². The van der Waals surface area contributed by atoms with Gasteiger partial charge in [0.2, 0.25) is 0 Å². The van der Waals surface area contributed by atoms with Crippen molar-refractivity contribution < 1.29 is 4.39 Å². The maximum atomic E-state index is 13.6. The number of aromatic nitrogens is 2. The number of aryl methyl sites for hydroxylation is 1. The Morgan fingerprint density at radius 3 is 2.90 bits per heavy atom. The molecule has 5 nitrogen and oxygen atoms in total. The Morgan fingerprint density at radius 2 is 2.19 bits per heavy atom. The molecule has 0 unspecified atom stereocenters. The number of hydrazine groups is 1. The Labute approximate surface area is 123 Å². The molecule has 0 amide bonds. The predicted molar refractivity (Wildman–Crippen MR) is 81.1 cm³/mol. The molecule has 2 aromatic rings. The molecule has 0 radical (unpaired) electrons. The number of nitrogen functional groups attached to an aromatic ring is 1. The van der Waals surface area contributed by atoms with Crippen molar-refractivity contribution >= 4 is 17.3 Å². The largest absolute Gasteiger partial charge is 0.325 e. The number of rotatable bonds is 3. The molecule has 0 atom stereocenters. The van der Waals surface area contributed by atoms with Crippen LogP contribution in [0.25, 0.3) is 0 Å². The van der Waals surface area contributed by atoms with E-state index in [0.29, 0.717) is 18.1 Å². The van der Waals surface area contributed by atoms with Crippen LogP contribution in [0, 0.1) is 12.7 Å². The number of nitrogens with zero attached hydrogens (tertiary/aromatic N) is 3. The average molecular weight is 287 g/mol. The smallest absolute Gasteiger partial charge is 0.148 e. The van der Waals surface area contributed by atoms with Crippen molar-refractivity contribution in [3.05, 3.63) is 41.0 Å². The van der Waals surface area contributed by atoms with Gasteiger partial charge in [0.25, 0.3) is 0 Å². The summed E-state index contributed by atoms with van der Waals surface area (Å²) < 4.78 is 13.6. The second-order valence-electron chi connectivity index (χ2n) is 5.11. The molecule has 1 aliphatic rings. The standard InChI is InChI=1S/C15H18FN5/c1-3-13-18-14(20-17)9(2)15(19-13)21-7-6-10-4-5-11(16)8-12(10)21/h4-5,8H,3,6-7,17H2,1-2H3,(H,18,19,20). The Hall–Kier alpha value is -2.21. The van der Waals surface area contributed by atoms with Gasteiger partial charge >= 0.3 is 0 Å². The first-order chi connectivity index (χ1) is 10.1. The molecule has 1 aliphatic heterocycles. The highest BCUT2D eigenvalue weighted by Crippen LogP contribution is 2.36. The molecule has 6 heteroatoms. The normalized spacial score (nSPS) is 13.4. The fourth-order valence-electron chi connectivity index (χ4n) is 2.68. The van der Waals surface area contributed by atoms with Crippen LogP contribution in [0.5, 0.6) is 0 Å². The number of halogens is 1. The lowest BCUT2D eigenvalue weighted by molar-refractivity contribution is 0.628. The van der Waals surface area contributed by atoms with E-state index in [2.05, 4.69) is 15.4 Å². The van der Waals surface area contributed by atoms with Crippen LogP contribution >= 0.6 is 0 Å². The van der Waals surface area contributed by atoms with E-state index in [4.69, 9.17) is 5.84 Å². The molecule has 0 saturated heterocycles. The van der Waals surface area contributed by atoms with Crippen LogP contribution in [0.15, 0.2) is 18.2 Å².